The topological polar surface area (TPSA) is 63.6 Å². The zero-order chi connectivity index (χ0) is 12.7. The van der Waals surface area contributed by atoms with Crippen LogP contribution in [0.4, 0.5) is 0 Å². The van der Waals surface area contributed by atoms with Gasteiger partial charge in [0, 0.05) is 12.2 Å². The van der Waals surface area contributed by atoms with E-state index in [-0.39, 0.29) is 0 Å². The lowest BCUT2D eigenvalue weighted by Gasteiger charge is -1.99. The quantitative estimate of drug-likeness (QED) is 0.636. The lowest BCUT2D eigenvalue weighted by molar-refractivity contribution is -0.135. The van der Waals surface area contributed by atoms with Crippen molar-refractivity contribution < 1.29 is 19.4 Å². The molecule has 0 bridgehead atoms. The second kappa shape index (κ2) is 6.27. The van der Waals surface area contributed by atoms with E-state index in [4.69, 9.17) is 5.11 Å². The molecule has 17 heavy (non-hydrogen) atoms. The van der Waals surface area contributed by atoms with Gasteiger partial charge in [-0.05, 0) is 23.3 Å². The van der Waals surface area contributed by atoms with Gasteiger partial charge in [0.25, 0.3) is 0 Å². The molecule has 4 heteroatoms. The summed E-state index contributed by atoms with van der Waals surface area (Å²) in [4.78, 5) is 21.4. The maximum absolute atomic E-state index is 10.9. The Hall–Kier alpha value is -2.36. The largest absolute Gasteiger partial charge is 0.478 e. The summed E-state index contributed by atoms with van der Waals surface area (Å²) in [6, 6.07) is 7.13. The van der Waals surface area contributed by atoms with Crippen LogP contribution in [-0.2, 0) is 14.3 Å². The number of ether oxygens (including phenoxy) is 1. The predicted molar refractivity (Wildman–Crippen MR) is 64.2 cm³/mol. The first-order valence-electron chi connectivity index (χ1n) is 4.89. The third-order valence-electron chi connectivity index (χ3n) is 2.00. The number of hydrogen-bond donors (Lipinski definition) is 1. The van der Waals surface area contributed by atoms with Crippen LogP contribution >= 0.6 is 0 Å². The zero-order valence-corrected chi connectivity index (χ0v) is 9.29. The van der Waals surface area contributed by atoms with Crippen LogP contribution in [0.3, 0.4) is 0 Å². The summed E-state index contributed by atoms with van der Waals surface area (Å²) in [7, 11) is 1.29. The molecule has 0 aliphatic rings. The van der Waals surface area contributed by atoms with Gasteiger partial charge in [-0.1, -0.05) is 24.3 Å². The highest BCUT2D eigenvalue weighted by molar-refractivity contribution is 5.89. The van der Waals surface area contributed by atoms with Crippen LogP contribution < -0.4 is 0 Å². The highest BCUT2D eigenvalue weighted by atomic mass is 16.5. The average molecular weight is 232 g/mol. The molecule has 1 aromatic carbocycles. The van der Waals surface area contributed by atoms with E-state index in [9.17, 15) is 9.59 Å². The number of carbonyl (C=O) groups is 2. The van der Waals surface area contributed by atoms with Crippen LogP contribution in [0, 0.1) is 0 Å². The number of aliphatic carboxylic acids is 1. The van der Waals surface area contributed by atoms with Crippen LogP contribution in [0.2, 0.25) is 0 Å². The molecule has 0 atom stereocenters. The van der Waals surface area contributed by atoms with E-state index in [1.807, 2.05) is 0 Å². The molecule has 88 valence electrons. The first-order valence-corrected chi connectivity index (χ1v) is 4.89. The van der Waals surface area contributed by atoms with E-state index in [2.05, 4.69) is 4.74 Å². The van der Waals surface area contributed by atoms with Crippen LogP contribution in [0.25, 0.3) is 12.2 Å². The molecule has 0 spiro atoms. The number of esters is 1. The van der Waals surface area contributed by atoms with Gasteiger partial charge < -0.3 is 9.84 Å². The number of carboxylic acids is 1. The summed E-state index contributed by atoms with van der Waals surface area (Å²) in [5, 5.41) is 8.54. The molecule has 1 rings (SSSR count). The van der Waals surface area contributed by atoms with Gasteiger partial charge in [0.1, 0.15) is 0 Å². The molecule has 0 aromatic heterocycles. The molecule has 0 aliphatic heterocycles. The Kier molecular flexibility index (Phi) is 4.69. The van der Waals surface area contributed by atoms with Crippen molar-refractivity contribution in [3.63, 3.8) is 0 Å². The fraction of sp³-hybridized carbons (Fsp3) is 0.0769. The van der Waals surface area contributed by atoms with Crippen molar-refractivity contribution in [3.8, 4) is 0 Å². The molecule has 4 nitrogen and oxygen atoms in total. The molecule has 0 saturated carbocycles. The maximum Gasteiger partial charge on any atom is 0.330 e. The molecule has 0 aliphatic carbocycles. The molecule has 0 unspecified atom stereocenters. The first-order chi connectivity index (χ1) is 8.13. The Balaban J connectivity index is 2.96. The molecule has 0 radical (unpaired) electrons. The monoisotopic (exact) mass is 232 g/mol. The number of methoxy groups -OCH3 is 1. The van der Waals surface area contributed by atoms with E-state index < -0.39 is 11.9 Å². The number of hydrogen-bond acceptors (Lipinski definition) is 3. The lowest BCUT2D eigenvalue weighted by atomic mass is 10.1. The van der Waals surface area contributed by atoms with Crippen molar-refractivity contribution in [1.82, 2.24) is 0 Å². The van der Waals surface area contributed by atoms with Crippen molar-refractivity contribution in [2.75, 3.05) is 7.11 Å². The standard InChI is InChI=1S/C13H12O4/c1-17-13(16)9-7-11-5-3-2-4-10(11)6-8-12(14)15/h2-9H,1H3,(H,14,15)/b8-6+,9-7+. The third-order valence-corrected chi connectivity index (χ3v) is 2.00. The summed E-state index contributed by atoms with van der Waals surface area (Å²) >= 11 is 0. The molecule has 1 N–H and O–H groups in total. The lowest BCUT2D eigenvalue weighted by Crippen LogP contribution is -1.93. The number of benzene rings is 1. The molecule has 0 saturated heterocycles. The van der Waals surface area contributed by atoms with E-state index in [0.717, 1.165) is 17.2 Å². The molecule has 0 amide bonds. The Morgan fingerprint density at radius 1 is 1.12 bits per heavy atom. The number of rotatable bonds is 4. The Labute approximate surface area is 98.8 Å². The summed E-state index contributed by atoms with van der Waals surface area (Å²) in [6.45, 7) is 0. The molecular formula is C13H12O4. The minimum Gasteiger partial charge on any atom is -0.478 e. The van der Waals surface area contributed by atoms with E-state index >= 15 is 0 Å². The van der Waals surface area contributed by atoms with Gasteiger partial charge in [-0.25, -0.2) is 9.59 Å². The number of carbonyl (C=O) groups excluding carboxylic acids is 1. The second-order valence-corrected chi connectivity index (χ2v) is 3.16. The van der Waals surface area contributed by atoms with Crippen molar-refractivity contribution in [3.05, 3.63) is 47.5 Å². The summed E-state index contributed by atoms with van der Waals surface area (Å²) < 4.78 is 4.47. The minimum atomic E-state index is -1.02. The van der Waals surface area contributed by atoms with Crippen molar-refractivity contribution in [2.24, 2.45) is 0 Å². The highest BCUT2D eigenvalue weighted by Gasteiger charge is 1.97. The van der Waals surface area contributed by atoms with Gasteiger partial charge in [-0.2, -0.15) is 0 Å². The summed E-state index contributed by atoms with van der Waals surface area (Å²) in [5.74, 6) is -1.47. The van der Waals surface area contributed by atoms with Crippen molar-refractivity contribution in [2.45, 2.75) is 0 Å². The summed E-state index contributed by atoms with van der Waals surface area (Å²) in [5.41, 5.74) is 1.46. The van der Waals surface area contributed by atoms with Gasteiger partial charge in [-0.3, -0.25) is 0 Å². The maximum atomic E-state index is 10.9. The van der Waals surface area contributed by atoms with E-state index in [1.165, 1.54) is 19.3 Å². The Bertz CT molecular complexity index is 472. The highest BCUT2D eigenvalue weighted by Crippen LogP contribution is 2.12. The van der Waals surface area contributed by atoms with Crippen molar-refractivity contribution >= 4 is 24.1 Å². The fourth-order valence-corrected chi connectivity index (χ4v) is 1.20. The van der Waals surface area contributed by atoms with Gasteiger partial charge in [0.2, 0.25) is 0 Å². The normalized spacial score (nSPS) is 10.9. The Morgan fingerprint density at radius 2 is 1.65 bits per heavy atom. The van der Waals surface area contributed by atoms with Gasteiger partial charge in [0.15, 0.2) is 0 Å². The van der Waals surface area contributed by atoms with Crippen LogP contribution in [0.1, 0.15) is 11.1 Å². The summed E-state index contributed by atoms with van der Waals surface area (Å²) in [6.07, 6.45) is 5.38. The zero-order valence-electron chi connectivity index (χ0n) is 9.29. The second-order valence-electron chi connectivity index (χ2n) is 3.16. The van der Waals surface area contributed by atoms with Gasteiger partial charge in [0.05, 0.1) is 7.11 Å². The van der Waals surface area contributed by atoms with Crippen LogP contribution in [0.5, 0.6) is 0 Å². The molecule has 0 heterocycles. The minimum absolute atomic E-state index is 0.456. The van der Waals surface area contributed by atoms with Gasteiger partial charge >= 0.3 is 11.9 Å². The molecule has 0 fully saturated rings. The Morgan fingerprint density at radius 3 is 2.12 bits per heavy atom. The smallest absolute Gasteiger partial charge is 0.330 e. The fourth-order valence-electron chi connectivity index (χ4n) is 1.20. The molecular weight excluding hydrogens is 220 g/mol. The van der Waals surface area contributed by atoms with Crippen LogP contribution in [0.15, 0.2) is 36.4 Å². The molecule has 1 aromatic rings. The van der Waals surface area contributed by atoms with Crippen molar-refractivity contribution in [1.29, 1.82) is 0 Å². The van der Waals surface area contributed by atoms with E-state index in [1.54, 1.807) is 30.3 Å². The first kappa shape index (κ1) is 12.7. The van der Waals surface area contributed by atoms with Crippen LogP contribution in [-0.4, -0.2) is 24.2 Å². The third kappa shape index (κ3) is 4.34. The predicted octanol–water partition coefficient (Wildman–Crippen LogP) is 1.97. The SMILES string of the molecule is COC(=O)/C=C/c1ccccc1/C=C/C(=O)O. The van der Waals surface area contributed by atoms with E-state index in [0.29, 0.717) is 0 Å². The van der Waals surface area contributed by atoms with Gasteiger partial charge in [-0.15, -0.1) is 0 Å². The number of carboxylic acid groups (broad SMARTS) is 1. The average Bonchev–Trinajstić information content (AvgIpc) is 2.34.